The number of hydrogen-bond acceptors (Lipinski definition) is 5. The summed E-state index contributed by atoms with van der Waals surface area (Å²) in [6.45, 7) is 1.02. The zero-order valence-corrected chi connectivity index (χ0v) is 12.5. The number of rotatable bonds is 8. The van der Waals surface area contributed by atoms with Gasteiger partial charge in [-0.1, -0.05) is 0 Å². The van der Waals surface area contributed by atoms with E-state index in [1.54, 1.807) is 0 Å². The average Bonchev–Trinajstić information content (AvgIpc) is 3.30. The van der Waals surface area contributed by atoms with Gasteiger partial charge >= 0.3 is 5.97 Å². The van der Waals surface area contributed by atoms with Crippen LogP contribution in [0, 0.1) is 18.3 Å². The molecule has 1 amide bonds. The van der Waals surface area contributed by atoms with Crippen molar-refractivity contribution in [2.45, 2.75) is 50.2 Å². The second kappa shape index (κ2) is 7.36. The van der Waals surface area contributed by atoms with Crippen LogP contribution in [-0.4, -0.2) is 41.9 Å². The van der Waals surface area contributed by atoms with Crippen LogP contribution in [0.25, 0.3) is 0 Å². The van der Waals surface area contributed by atoms with Gasteiger partial charge in [0, 0.05) is 38.2 Å². The van der Waals surface area contributed by atoms with E-state index in [1.807, 2.05) is 0 Å². The smallest absolute Gasteiger partial charge is 0.326 e. The Labute approximate surface area is 129 Å². The summed E-state index contributed by atoms with van der Waals surface area (Å²) in [7, 11) is 0. The molecule has 0 bridgehead atoms. The lowest BCUT2D eigenvalue weighted by molar-refractivity contribution is -0.145. The molecule has 0 aromatic heterocycles. The molecule has 2 unspecified atom stereocenters. The molecule has 1 fully saturated rings. The maximum Gasteiger partial charge on any atom is 0.326 e. The van der Waals surface area contributed by atoms with Gasteiger partial charge in [-0.05, 0) is 12.8 Å². The minimum absolute atomic E-state index is 0.180. The largest absolute Gasteiger partial charge is 0.480 e. The number of carboxylic acid groups (broad SMARTS) is 1. The van der Waals surface area contributed by atoms with Crippen LogP contribution in [0.2, 0.25) is 0 Å². The number of hydrogen-bond donors (Lipinski definition) is 2. The van der Waals surface area contributed by atoms with Gasteiger partial charge in [0.05, 0.1) is 6.61 Å². The first kappa shape index (κ1) is 16.4. The van der Waals surface area contributed by atoms with Crippen LogP contribution >= 0.6 is 0 Å². The highest BCUT2D eigenvalue weighted by Gasteiger charge is 2.40. The van der Waals surface area contributed by atoms with E-state index in [1.165, 1.54) is 0 Å². The van der Waals surface area contributed by atoms with Gasteiger partial charge in [0.2, 0.25) is 5.91 Å². The van der Waals surface area contributed by atoms with Crippen molar-refractivity contribution in [2.75, 3.05) is 13.2 Å². The van der Waals surface area contributed by atoms with Gasteiger partial charge in [0.25, 0.3) is 0 Å². The molecule has 120 valence electrons. The third-order valence-electron chi connectivity index (χ3n) is 4.05. The molecule has 0 aliphatic carbocycles. The Balaban J connectivity index is 1.79. The van der Waals surface area contributed by atoms with Gasteiger partial charge in [-0.25, -0.2) is 4.79 Å². The number of aliphatic carboxylic acids is 1. The number of ether oxygens (including phenoxy) is 1. The van der Waals surface area contributed by atoms with Crippen molar-refractivity contribution in [2.24, 2.45) is 16.1 Å². The first-order valence-corrected chi connectivity index (χ1v) is 7.54. The average molecular weight is 307 g/mol. The molecule has 2 aliphatic heterocycles. The van der Waals surface area contributed by atoms with Crippen molar-refractivity contribution in [3.8, 4) is 12.3 Å². The maximum absolute atomic E-state index is 12.0. The summed E-state index contributed by atoms with van der Waals surface area (Å²) in [6, 6.07) is -0.900. The number of nitrogens with one attached hydrogen (secondary N) is 1. The predicted octanol–water partition coefficient (Wildman–Crippen LogP) is 1.34. The van der Waals surface area contributed by atoms with Crippen LogP contribution in [0.3, 0.4) is 0 Å². The van der Waals surface area contributed by atoms with Crippen LogP contribution in [0.5, 0.6) is 0 Å². The zero-order chi connectivity index (χ0) is 16.0. The van der Waals surface area contributed by atoms with Crippen LogP contribution in [0.15, 0.2) is 10.2 Å². The van der Waals surface area contributed by atoms with Crippen molar-refractivity contribution in [3.63, 3.8) is 0 Å². The first-order chi connectivity index (χ1) is 10.6. The van der Waals surface area contributed by atoms with Crippen LogP contribution in [-0.2, 0) is 14.3 Å². The Morgan fingerprint density at radius 2 is 2.23 bits per heavy atom. The summed E-state index contributed by atoms with van der Waals surface area (Å²) < 4.78 is 5.30. The van der Waals surface area contributed by atoms with Gasteiger partial charge in [0.1, 0.15) is 6.04 Å². The summed E-state index contributed by atoms with van der Waals surface area (Å²) >= 11 is 0. The lowest BCUT2D eigenvalue weighted by Gasteiger charge is -2.28. The van der Waals surface area contributed by atoms with E-state index in [0.29, 0.717) is 32.5 Å². The highest BCUT2D eigenvalue weighted by atomic mass is 16.5. The molecule has 0 aromatic carbocycles. The van der Waals surface area contributed by atoms with Crippen molar-refractivity contribution < 1.29 is 19.4 Å². The monoisotopic (exact) mass is 307 g/mol. The summed E-state index contributed by atoms with van der Waals surface area (Å²) in [5.41, 5.74) is -0.517. The molecule has 0 aromatic rings. The highest BCUT2D eigenvalue weighted by molar-refractivity contribution is 5.83. The van der Waals surface area contributed by atoms with E-state index in [0.717, 1.165) is 12.8 Å². The second-order valence-electron chi connectivity index (χ2n) is 5.75. The minimum atomic E-state index is -1.02. The van der Waals surface area contributed by atoms with E-state index in [-0.39, 0.29) is 18.2 Å². The van der Waals surface area contributed by atoms with E-state index in [9.17, 15) is 14.7 Å². The van der Waals surface area contributed by atoms with Gasteiger partial charge in [-0.3, -0.25) is 4.79 Å². The summed E-state index contributed by atoms with van der Waals surface area (Å²) in [4.78, 5) is 23.4. The quantitative estimate of drug-likeness (QED) is 0.661. The van der Waals surface area contributed by atoms with Gasteiger partial charge in [-0.15, -0.1) is 12.3 Å². The molecule has 7 heteroatoms. The Bertz CT molecular complexity index is 486. The Kier molecular flexibility index (Phi) is 5.50. The molecule has 0 saturated carbocycles. The van der Waals surface area contributed by atoms with Gasteiger partial charge in [0.15, 0.2) is 5.66 Å². The topological polar surface area (TPSA) is 100 Å². The molecule has 2 aliphatic rings. The molecule has 2 rings (SSSR count). The minimum Gasteiger partial charge on any atom is -0.480 e. The molecule has 22 heavy (non-hydrogen) atoms. The predicted molar refractivity (Wildman–Crippen MR) is 78.0 cm³/mol. The van der Waals surface area contributed by atoms with Gasteiger partial charge < -0.3 is 15.2 Å². The summed E-state index contributed by atoms with van der Waals surface area (Å²) in [5, 5.41) is 19.8. The van der Waals surface area contributed by atoms with Gasteiger partial charge in [-0.2, -0.15) is 10.2 Å². The normalized spacial score (nSPS) is 23.3. The maximum atomic E-state index is 12.0. The standard InChI is InChI=1S/C15H21N3O4/c1-2-3-7-15(17-18-15)8-6-12(19)16-13(14(20)21)11-5-4-9-22-10-11/h1,11,13H,3-10H2,(H,16,19)(H,20,21). The van der Waals surface area contributed by atoms with Crippen molar-refractivity contribution >= 4 is 11.9 Å². The second-order valence-corrected chi connectivity index (χ2v) is 5.75. The third kappa shape index (κ3) is 4.53. The molecule has 1 saturated heterocycles. The molecule has 7 nitrogen and oxygen atoms in total. The molecule has 2 N–H and O–H groups in total. The summed E-state index contributed by atoms with van der Waals surface area (Å²) in [6.07, 6.45) is 8.62. The molecular formula is C15H21N3O4. The fourth-order valence-corrected chi connectivity index (χ4v) is 2.64. The number of carbonyl (C=O) groups is 2. The number of carboxylic acids is 1. The van der Waals surface area contributed by atoms with E-state index in [4.69, 9.17) is 11.2 Å². The molecule has 2 heterocycles. The number of nitrogens with zero attached hydrogens (tertiary/aromatic N) is 2. The van der Waals surface area contributed by atoms with Crippen LogP contribution in [0.4, 0.5) is 0 Å². The SMILES string of the molecule is C#CCCC1(CCC(=O)NC(C(=O)O)C2CCCOC2)N=N1. The Morgan fingerprint density at radius 1 is 1.45 bits per heavy atom. The molecule has 2 atom stereocenters. The lowest BCUT2D eigenvalue weighted by Crippen LogP contribution is -2.48. The van der Waals surface area contributed by atoms with E-state index < -0.39 is 17.7 Å². The van der Waals surface area contributed by atoms with Crippen molar-refractivity contribution in [3.05, 3.63) is 0 Å². The zero-order valence-electron chi connectivity index (χ0n) is 12.5. The van der Waals surface area contributed by atoms with Crippen LogP contribution < -0.4 is 5.32 Å². The Hall–Kier alpha value is -1.94. The fourth-order valence-electron chi connectivity index (χ4n) is 2.64. The highest BCUT2D eigenvalue weighted by Crippen LogP contribution is 2.37. The number of amides is 1. The van der Waals surface area contributed by atoms with Crippen LogP contribution in [0.1, 0.15) is 38.5 Å². The third-order valence-corrected chi connectivity index (χ3v) is 4.05. The first-order valence-electron chi connectivity index (χ1n) is 7.54. The van der Waals surface area contributed by atoms with E-state index in [2.05, 4.69) is 21.5 Å². The Morgan fingerprint density at radius 3 is 2.77 bits per heavy atom. The summed E-state index contributed by atoms with van der Waals surface area (Å²) in [5.74, 6) is 1.03. The van der Waals surface area contributed by atoms with E-state index >= 15 is 0 Å². The molecule has 0 spiro atoms. The fraction of sp³-hybridized carbons (Fsp3) is 0.733. The molecule has 0 radical (unpaired) electrons. The van der Waals surface area contributed by atoms with Crippen molar-refractivity contribution in [1.82, 2.24) is 5.32 Å². The number of terminal acetylenes is 1. The van der Waals surface area contributed by atoms with Crippen molar-refractivity contribution in [1.29, 1.82) is 0 Å². The number of carbonyl (C=O) groups excluding carboxylic acids is 1. The molecular weight excluding hydrogens is 286 g/mol. The lowest BCUT2D eigenvalue weighted by atomic mass is 9.93.